The maximum Gasteiger partial charge on any atom is 0.235 e. The van der Waals surface area contributed by atoms with Crippen LogP contribution in [0.5, 0.6) is 0 Å². The van der Waals surface area contributed by atoms with E-state index in [1.807, 2.05) is 18.2 Å². The number of hydrogen-bond acceptors (Lipinski definition) is 3. The lowest BCUT2D eigenvalue weighted by atomic mass is 9.99. The molecule has 10 aromatic rings. The molecule has 0 atom stereocenters. The van der Waals surface area contributed by atoms with Gasteiger partial charge in [0.15, 0.2) is 0 Å². The first-order valence-corrected chi connectivity index (χ1v) is 14.8. The first kappa shape index (κ1) is 23.6. The molecule has 4 heteroatoms. The lowest BCUT2D eigenvalue weighted by molar-refractivity contribution is 0.672. The Morgan fingerprint density at radius 1 is 0.455 bits per heavy atom. The van der Waals surface area contributed by atoms with Crippen molar-refractivity contribution in [2.75, 3.05) is 0 Å². The first-order valence-electron chi connectivity index (χ1n) is 14.8. The van der Waals surface area contributed by atoms with Gasteiger partial charge in [-0.3, -0.25) is 4.57 Å². The highest BCUT2D eigenvalue weighted by atomic mass is 16.3. The minimum absolute atomic E-state index is 0.655. The molecule has 7 aromatic carbocycles. The Morgan fingerprint density at radius 3 is 2.14 bits per heavy atom. The fourth-order valence-corrected chi connectivity index (χ4v) is 6.99. The molecule has 0 unspecified atom stereocenters. The van der Waals surface area contributed by atoms with Crippen molar-refractivity contribution in [3.05, 3.63) is 140 Å². The molecule has 4 nitrogen and oxygen atoms in total. The average molecular weight is 562 g/mol. The summed E-state index contributed by atoms with van der Waals surface area (Å²) in [4.78, 5) is 10.5. The molecule has 204 valence electrons. The summed E-state index contributed by atoms with van der Waals surface area (Å²) in [5, 5.41) is 10.2. The molecule has 0 aliphatic carbocycles. The molecule has 0 saturated carbocycles. The quantitative estimate of drug-likeness (QED) is 0.211. The number of rotatable bonds is 2. The van der Waals surface area contributed by atoms with Crippen molar-refractivity contribution < 1.29 is 4.42 Å². The third-order valence-electron chi connectivity index (χ3n) is 8.99. The minimum atomic E-state index is 0.655. The summed E-state index contributed by atoms with van der Waals surface area (Å²) in [6, 6.07) is 48.9. The van der Waals surface area contributed by atoms with Crippen molar-refractivity contribution in [1.82, 2.24) is 14.5 Å². The highest BCUT2D eigenvalue weighted by Crippen LogP contribution is 2.40. The molecule has 0 saturated heterocycles. The second-order valence-corrected chi connectivity index (χ2v) is 11.4. The van der Waals surface area contributed by atoms with Crippen molar-refractivity contribution in [3.8, 4) is 17.2 Å². The molecule has 0 N–H and O–H groups in total. The molecule has 3 aromatic heterocycles. The lowest BCUT2D eigenvalue weighted by Crippen LogP contribution is -2.03. The summed E-state index contributed by atoms with van der Waals surface area (Å²) in [6.45, 7) is 0. The molecule has 0 aliphatic rings. The maximum atomic E-state index is 6.43. The Morgan fingerprint density at radius 2 is 1.20 bits per heavy atom. The molecule has 0 bridgehead atoms. The standard InChI is InChI=1S/C40H23N3O/c1-2-12-26-24(10-1)11-9-16-29(26)38-31-15-3-6-17-34(31)41-40(42-38)43-35-18-7-4-13-27(35)33-23-32-25(22-36(33)43)20-21-30-28-14-5-8-19-37(28)44-39(30)32/h1-23H. The summed E-state index contributed by atoms with van der Waals surface area (Å²) in [7, 11) is 0. The van der Waals surface area contributed by atoms with E-state index >= 15 is 0 Å². The van der Waals surface area contributed by atoms with Crippen LogP contribution in [-0.4, -0.2) is 14.5 Å². The molecule has 0 radical (unpaired) electrons. The third-order valence-corrected chi connectivity index (χ3v) is 8.99. The van der Waals surface area contributed by atoms with Crippen molar-refractivity contribution in [2.45, 2.75) is 0 Å². The van der Waals surface area contributed by atoms with Crippen LogP contribution in [0.1, 0.15) is 0 Å². The van der Waals surface area contributed by atoms with E-state index in [0.717, 1.165) is 76.7 Å². The van der Waals surface area contributed by atoms with E-state index in [-0.39, 0.29) is 0 Å². The van der Waals surface area contributed by atoms with E-state index in [0.29, 0.717) is 5.95 Å². The van der Waals surface area contributed by atoms with Gasteiger partial charge in [-0.25, -0.2) is 9.97 Å². The number of para-hydroxylation sites is 3. The number of benzene rings is 7. The van der Waals surface area contributed by atoms with Crippen LogP contribution >= 0.6 is 0 Å². The molecule has 0 amide bonds. The second kappa shape index (κ2) is 8.76. The Kier molecular flexibility index (Phi) is 4.69. The summed E-state index contributed by atoms with van der Waals surface area (Å²) in [6.07, 6.45) is 0. The average Bonchev–Trinajstić information content (AvgIpc) is 3.62. The van der Waals surface area contributed by atoms with E-state index in [9.17, 15) is 0 Å². The maximum absolute atomic E-state index is 6.43. The van der Waals surface area contributed by atoms with Gasteiger partial charge in [-0.1, -0.05) is 103 Å². The molecule has 0 fully saturated rings. The zero-order chi connectivity index (χ0) is 28.8. The fourth-order valence-electron chi connectivity index (χ4n) is 6.99. The van der Waals surface area contributed by atoms with Gasteiger partial charge in [0.05, 0.1) is 22.2 Å². The first-order chi connectivity index (χ1) is 21.8. The Labute approximate surface area is 251 Å². The van der Waals surface area contributed by atoms with Gasteiger partial charge in [-0.15, -0.1) is 0 Å². The summed E-state index contributed by atoms with van der Waals surface area (Å²) < 4.78 is 8.65. The van der Waals surface area contributed by atoms with Crippen molar-refractivity contribution in [2.24, 2.45) is 0 Å². The predicted octanol–water partition coefficient (Wildman–Crippen LogP) is 10.6. The van der Waals surface area contributed by atoms with E-state index in [1.54, 1.807) is 0 Å². The summed E-state index contributed by atoms with van der Waals surface area (Å²) in [5.41, 5.74) is 6.90. The molecule has 10 rings (SSSR count). The Bertz CT molecular complexity index is 2780. The Balaban J connectivity index is 1.32. The van der Waals surface area contributed by atoms with Gasteiger partial charge in [0.2, 0.25) is 5.95 Å². The van der Waals surface area contributed by atoms with Crippen LogP contribution in [0.2, 0.25) is 0 Å². The molecule has 3 heterocycles. The van der Waals surface area contributed by atoms with Crippen LogP contribution < -0.4 is 0 Å². The van der Waals surface area contributed by atoms with Gasteiger partial charge in [0.1, 0.15) is 11.2 Å². The van der Waals surface area contributed by atoms with Gasteiger partial charge in [-0.05, 0) is 52.6 Å². The van der Waals surface area contributed by atoms with Gasteiger partial charge in [-0.2, -0.15) is 0 Å². The largest absolute Gasteiger partial charge is 0.455 e. The predicted molar refractivity (Wildman–Crippen MR) is 182 cm³/mol. The summed E-state index contributed by atoms with van der Waals surface area (Å²) in [5.74, 6) is 0.655. The van der Waals surface area contributed by atoms with Crippen LogP contribution in [0.25, 0.3) is 93.4 Å². The van der Waals surface area contributed by atoms with Gasteiger partial charge < -0.3 is 4.42 Å². The van der Waals surface area contributed by atoms with Crippen molar-refractivity contribution in [1.29, 1.82) is 0 Å². The van der Waals surface area contributed by atoms with Gasteiger partial charge >= 0.3 is 0 Å². The molecule has 44 heavy (non-hydrogen) atoms. The normalized spacial score (nSPS) is 12.1. The lowest BCUT2D eigenvalue weighted by Gasteiger charge is -2.13. The highest BCUT2D eigenvalue weighted by Gasteiger charge is 2.20. The van der Waals surface area contributed by atoms with Crippen molar-refractivity contribution >= 4 is 76.2 Å². The summed E-state index contributed by atoms with van der Waals surface area (Å²) >= 11 is 0. The zero-order valence-electron chi connectivity index (χ0n) is 23.5. The van der Waals surface area contributed by atoms with Crippen LogP contribution in [0, 0.1) is 0 Å². The van der Waals surface area contributed by atoms with E-state index in [4.69, 9.17) is 14.4 Å². The molecule has 0 aliphatic heterocycles. The molecular formula is C40H23N3O. The monoisotopic (exact) mass is 561 g/mol. The highest BCUT2D eigenvalue weighted by molar-refractivity contribution is 6.20. The SMILES string of the molecule is c1ccc2c(-c3nc(-n4c5ccccc5c5cc6c(ccc7c8ccccc8oc67)cc54)nc4ccccc34)cccc2c1. The molecule has 0 spiro atoms. The van der Waals surface area contributed by atoms with Gasteiger partial charge in [0, 0.05) is 37.9 Å². The van der Waals surface area contributed by atoms with E-state index in [1.165, 1.54) is 10.8 Å². The van der Waals surface area contributed by atoms with E-state index < -0.39 is 0 Å². The number of furan rings is 1. The van der Waals surface area contributed by atoms with Crippen LogP contribution in [0.15, 0.2) is 144 Å². The topological polar surface area (TPSA) is 43.9 Å². The van der Waals surface area contributed by atoms with Crippen LogP contribution in [0.3, 0.4) is 0 Å². The van der Waals surface area contributed by atoms with Crippen LogP contribution in [0.4, 0.5) is 0 Å². The van der Waals surface area contributed by atoms with Crippen LogP contribution in [-0.2, 0) is 0 Å². The number of hydrogen-bond donors (Lipinski definition) is 0. The number of nitrogens with zero attached hydrogens (tertiary/aromatic N) is 3. The second-order valence-electron chi connectivity index (χ2n) is 11.4. The third kappa shape index (κ3) is 3.22. The van der Waals surface area contributed by atoms with E-state index in [2.05, 4.69) is 126 Å². The zero-order valence-corrected chi connectivity index (χ0v) is 23.5. The smallest absolute Gasteiger partial charge is 0.235 e. The fraction of sp³-hybridized carbons (Fsp3) is 0. The Hall–Kier alpha value is -6.00. The number of fused-ring (bicyclic) bond motifs is 10. The number of aromatic nitrogens is 3. The van der Waals surface area contributed by atoms with Gasteiger partial charge in [0.25, 0.3) is 0 Å². The molecular weight excluding hydrogens is 538 g/mol. The van der Waals surface area contributed by atoms with Crippen molar-refractivity contribution in [3.63, 3.8) is 0 Å². The minimum Gasteiger partial charge on any atom is -0.455 e.